The molecule has 1 aliphatic rings. The van der Waals surface area contributed by atoms with Crippen LogP contribution in [0, 0.1) is 0 Å². The number of thioether (sulfide) groups is 1. The van der Waals surface area contributed by atoms with Gasteiger partial charge in [0.2, 0.25) is 0 Å². The average Bonchev–Trinajstić information content (AvgIpc) is 2.90. The zero-order chi connectivity index (χ0) is 14.4. The summed E-state index contributed by atoms with van der Waals surface area (Å²) in [5.41, 5.74) is 1.20. The summed E-state index contributed by atoms with van der Waals surface area (Å²) in [5, 5.41) is 6.95. The van der Waals surface area contributed by atoms with Crippen molar-refractivity contribution >= 4 is 23.4 Å². The lowest BCUT2D eigenvalue weighted by molar-refractivity contribution is 0.633. The lowest BCUT2D eigenvalue weighted by atomic mass is 10.1. The monoisotopic (exact) mass is 294 g/mol. The summed E-state index contributed by atoms with van der Waals surface area (Å²) in [6.07, 6.45) is 6.32. The molecule has 4 nitrogen and oxygen atoms in total. The Morgan fingerprint density at radius 3 is 2.60 bits per heavy atom. The number of hydrogen-bond acceptors (Lipinski definition) is 5. The van der Waals surface area contributed by atoms with Crippen LogP contribution in [0.2, 0.25) is 0 Å². The maximum atomic E-state index is 4.44. The summed E-state index contributed by atoms with van der Waals surface area (Å²) in [5.74, 6) is 3.26. The van der Waals surface area contributed by atoms with Crippen LogP contribution in [-0.2, 0) is 6.42 Å². The van der Waals surface area contributed by atoms with Crippen molar-refractivity contribution in [1.82, 2.24) is 9.97 Å². The summed E-state index contributed by atoms with van der Waals surface area (Å²) in [6.45, 7) is 8.61. The molecule has 2 rings (SSSR count). The quantitative estimate of drug-likeness (QED) is 0.805. The van der Waals surface area contributed by atoms with Crippen molar-refractivity contribution in [3.8, 4) is 0 Å². The normalized spacial score (nSPS) is 21.9. The Kier molecular flexibility index (Phi) is 5.52. The van der Waals surface area contributed by atoms with E-state index in [1.54, 1.807) is 6.33 Å². The first-order valence-corrected chi connectivity index (χ1v) is 8.62. The van der Waals surface area contributed by atoms with Gasteiger partial charge in [-0.3, -0.25) is 0 Å². The minimum absolute atomic E-state index is 0.354. The van der Waals surface area contributed by atoms with Crippen molar-refractivity contribution < 1.29 is 0 Å². The molecule has 0 amide bonds. The van der Waals surface area contributed by atoms with Crippen LogP contribution in [0.3, 0.4) is 0 Å². The lowest BCUT2D eigenvalue weighted by Crippen LogP contribution is -2.28. The third-order valence-electron chi connectivity index (χ3n) is 3.77. The first-order chi connectivity index (χ1) is 9.68. The molecule has 0 spiro atoms. The van der Waals surface area contributed by atoms with Gasteiger partial charge in [-0.2, -0.15) is 11.8 Å². The van der Waals surface area contributed by atoms with Gasteiger partial charge >= 0.3 is 0 Å². The Balaban J connectivity index is 2.06. The summed E-state index contributed by atoms with van der Waals surface area (Å²) in [7, 11) is 0. The molecule has 2 heterocycles. The van der Waals surface area contributed by atoms with E-state index >= 15 is 0 Å². The van der Waals surface area contributed by atoms with Gasteiger partial charge in [-0.25, -0.2) is 9.97 Å². The van der Waals surface area contributed by atoms with Crippen LogP contribution in [-0.4, -0.2) is 33.6 Å². The molecule has 1 aromatic heterocycles. The van der Waals surface area contributed by atoms with Crippen molar-refractivity contribution in [2.45, 2.75) is 51.2 Å². The molecule has 0 aromatic carbocycles. The number of rotatable bonds is 7. The van der Waals surface area contributed by atoms with Crippen molar-refractivity contribution in [3.05, 3.63) is 11.9 Å². The third-order valence-corrected chi connectivity index (χ3v) is 5.31. The highest BCUT2D eigenvalue weighted by atomic mass is 32.2. The highest BCUT2D eigenvalue weighted by Gasteiger charge is 2.29. The number of hydrogen-bond donors (Lipinski definition) is 2. The molecule has 1 saturated heterocycles. The highest BCUT2D eigenvalue weighted by molar-refractivity contribution is 8.00. The SMILES string of the molecule is CCCNc1ncnc(NCC2(C)CCCS2)c1CC. The van der Waals surface area contributed by atoms with Crippen molar-refractivity contribution in [3.63, 3.8) is 0 Å². The standard InChI is InChI=1S/C15H26N4S/c1-4-8-16-13-12(5-2)14(19-11-18-13)17-10-15(3)7-6-9-20-15/h11H,4-10H2,1-3H3,(H2,16,17,18,19). The molecule has 1 unspecified atom stereocenters. The third kappa shape index (κ3) is 3.78. The Hall–Kier alpha value is -0.970. The fraction of sp³-hybridized carbons (Fsp3) is 0.733. The summed E-state index contributed by atoms with van der Waals surface area (Å²) in [4.78, 5) is 8.82. The van der Waals surface area contributed by atoms with Gasteiger partial charge in [-0.15, -0.1) is 0 Å². The molecule has 1 atom stereocenters. The summed E-state index contributed by atoms with van der Waals surface area (Å²) < 4.78 is 0.354. The topological polar surface area (TPSA) is 49.8 Å². The van der Waals surface area contributed by atoms with E-state index in [0.29, 0.717) is 4.75 Å². The van der Waals surface area contributed by atoms with E-state index in [9.17, 15) is 0 Å². The van der Waals surface area contributed by atoms with Crippen LogP contribution >= 0.6 is 11.8 Å². The molecular formula is C15H26N4S. The molecule has 1 aromatic rings. The van der Waals surface area contributed by atoms with Crippen LogP contribution in [0.15, 0.2) is 6.33 Å². The minimum atomic E-state index is 0.354. The fourth-order valence-electron chi connectivity index (χ4n) is 2.54. The number of anilines is 2. The largest absolute Gasteiger partial charge is 0.370 e. The molecule has 1 fully saturated rings. The Morgan fingerprint density at radius 1 is 1.25 bits per heavy atom. The van der Waals surface area contributed by atoms with E-state index in [1.165, 1.54) is 24.2 Å². The minimum Gasteiger partial charge on any atom is -0.370 e. The molecule has 112 valence electrons. The zero-order valence-corrected chi connectivity index (χ0v) is 13.6. The van der Waals surface area contributed by atoms with Crippen LogP contribution in [0.1, 0.15) is 45.6 Å². The smallest absolute Gasteiger partial charge is 0.134 e. The highest BCUT2D eigenvalue weighted by Crippen LogP contribution is 2.37. The van der Waals surface area contributed by atoms with Gasteiger partial charge in [0.15, 0.2) is 0 Å². The van der Waals surface area contributed by atoms with Crippen LogP contribution in [0.4, 0.5) is 11.6 Å². The van der Waals surface area contributed by atoms with E-state index in [-0.39, 0.29) is 0 Å². The van der Waals surface area contributed by atoms with Crippen LogP contribution in [0.5, 0.6) is 0 Å². The molecule has 0 bridgehead atoms. The van der Waals surface area contributed by atoms with Gasteiger partial charge in [0, 0.05) is 23.4 Å². The van der Waals surface area contributed by atoms with Crippen molar-refractivity contribution in [2.24, 2.45) is 0 Å². The van der Waals surface area contributed by atoms with E-state index in [4.69, 9.17) is 0 Å². The number of nitrogens with one attached hydrogen (secondary N) is 2. The van der Waals surface area contributed by atoms with Gasteiger partial charge < -0.3 is 10.6 Å². The van der Waals surface area contributed by atoms with E-state index in [2.05, 4.69) is 53.1 Å². The molecule has 0 aliphatic carbocycles. The van der Waals surface area contributed by atoms with Gasteiger partial charge in [0.05, 0.1) is 0 Å². The zero-order valence-electron chi connectivity index (χ0n) is 12.8. The molecule has 1 aliphatic heterocycles. The predicted octanol–water partition coefficient (Wildman–Crippen LogP) is 3.56. The molecule has 5 heteroatoms. The van der Waals surface area contributed by atoms with Crippen LogP contribution in [0.25, 0.3) is 0 Å². The molecule has 0 radical (unpaired) electrons. The molecule has 0 saturated carbocycles. The van der Waals surface area contributed by atoms with Gasteiger partial charge in [0.25, 0.3) is 0 Å². The van der Waals surface area contributed by atoms with E-state index in [0.717, 1.165) is 37.6 Å². The second kappa shape index (κ2) is 7.16. The molecular weight excluding hydrogens is 268 g/mol. The van der Waals surface area contributed by atoms with E-state index in [1.807, 2.05) is 0 Å². The maximum absolute atomic E-state index is 4.44. The fourth-order valence-corrected chi connectivity index (χ4v) is 3.79. The Morgan fingerprint density at radius 2 is 2.00 bits per heavy atom. The van der Waals surface area contributed by atoms with Gasteiger partial charge in [-0.1, -0.05) is 13.8 Å². The maximum Gasteiger partial charge on any atom is 0.134 e. The second-order valence-electron chi connectivity index (χ2n) is 5.59. The van der Waals surface area contributed by atoms with E-state index < -0.39 is 0 Å². The first kappa shape index (κ1) is 15.4. The molecule has 20 heavy (non-hydrogen) atoms. The van der Waals surface area contributed by atoms with Crippen LogP contribution < -0.4 is 10.6 Å². The van der Waals surface area contributed by atoms with Crippen molar-refractivity contribution in [2.75, 3.05) is 29.5 Å². The number of nitrogens with zero attached hydrogens (tertiary/aromatic N) is 2. The molecule has 2 N–H and O–H groups in total. The first-order valence-electron chi connectivity index (χ1n) is 7.64. The number of aromatic nitrogens is 2. The van der Waals surface area contributed by atoms with Gasteiger partial charge in [0.1, 0.15) is 18.0 Å². The predicted molar refractivity (Wildman–Crippen MR) is 88.8 cm³/mol. The Bertz CT molecular complexity index is 430. The van der Waals surface area contributed by atoms with Crippen molar-refractivity contribution in [1.29, 1.82) is 0 Å². The second-order valence-corrected chi connectivity index (χ2v) is 7.27. The lowest BCUT2D eigenvalue weighted by Gasteiger charge is -2.24. The van der Waals surface area contributed by atoms with Gasteiger partial charge in [-0.05, 0) is 38.4 Å². The Labute approximate surface area is 126 Å². The summed E-state index contributed by atoms with van der Waals surface area (Å²) >= 11 is 2.07. The summed E-state index contributed by atoms with van der Waals surface area (Å²) in [6, 6.07) is 0. The average molecular weight is 294 g/mol.